The van der Waals surface area contributed by atoms with Crippen LogP contribution in [-0.4, -0.2) is 52.3 Å². The molecule has 112 valence electrons. The molecule has 1 N–H and O–H groups in total. The zero-order valence-electron chi connectivity index (χ0n) is 11.9. The lowest BCUT2D eigenvalue weighted by Crippen LogP contribution is -2.24. The molecule has 2 aromatic heterocycles. The summed E-state index contributed by atoms with van der Waals surface area (Å²) in [6, 6.07) is 1.49. The molecule has 1 saturated heterocycles. The minimum Gasteiger partial charge on any atom is -0.477 e. The van der Waals surface area contributed by atoms with Gasteiger partial charge in [-0.05, 0) is 18.8 Å². The molecule has 3 rings (SSSR count). The van der Waals surface area contributed by atoms with Crippen molar-refractivity contribution in [3.8, 4) is 0 Å². The van der Waals surface area contributed by atoms with Gasteiger partial charge >= 0.3 is 5.97 Å². The van der Waals surface area contributed by atoms with Crippen molar-refractivity contribution < 1.29 is 14.6 Å². The fraction of sp³-hybridized carbons (Fsp3) is 0.500. The van der Waals surface area contributed by atoms with Crippen LogP contribution in [0.15, 0.2) is 18.5 Å². The second-order valence-corrected chi connectivity index (χ2v) is 5.28. The highest BCUT2D eigenvalue weighted by Gasteiger charge is 2.26. The Balaban J connectivity index is 1.89. The summed E-state index contributed by atoms with van der Waals surface area (Å²) in [6.07, 6.45) is 5.55. The molecular weight excluding hydrogens is 272 g/mol. The van der Waals surface area contributed by atoms with E-state index in [0.29, 0.717) is 17.5 Å². The fourth-order valence-electron chi connectivity index (χ4n) is 2.77. The maximum absolute atomic E-state index is 11.2. The Morgan fingerprint density at radius 3 is 3.19 bits per heavy atom. The van der Waals surface area contributed by atoms with Crippen molar-refractivity contribution in [1.29, 1.82) is 0 Å². The Bertz CT molecular complexity index is 655. The Morgan fingerprint density at radius 1 is 1.57 bits per heavy atom. The lowest BCUT2D eigenvalue weighted by atomic mass is 10.1. The van der Waals surface area contributed by atoms with Crippen LogP contribution in [0.3, 0.4) is 0 Å². The monoisotopic (exact) mass is 290 g/mol. The van der Waals surface area contributed by atoms with Gasteiger partial charge < -0.3 is 14.7 Å². The summed E-state index contributed by atoms with van der Waals surface area (Å²) >= 11 is 0. The maximum Gasteiger partial charge on any atom is 0.354 e. The van der Waals surface area contributed by atoms with Crippen molar-refractivity contribution in [1.82, 2.24) is 14.4 Å². The summed E-state index contributed by atoms with van der Waals surface area (Å²) in [5, 5.41) is 9.18. The molecule has 1 aliphatic rings. The van der Waals surface area contributed by atoms with Crippen LogP contribution in [0, 0.1) is 5.92 Å². The predicted octanol–water partition coefficient (Wildman–Crippen LogP) is 1.29. The third-order valence-electron chi connectivity index (χ3n) is 3.89. The second-order valence-electron chi connectivity index (χ2n) is 5.28. The number of carbonyl (C=O) groups is 1. The van der Waals surface area contributed by atoms with E-state index in [4.69, 9.17) is 4.74 Å². The Kier molecular flexibility index (Phi) is 3.74. The number of hydrogen-bond donors (Lipinski definition) is 1. The van der Waals surface area contributed by atoms with Gasteiger partial charge in [-0.2, -0.15) is 0 Å². The fourth-order valence-corrected chi connectivity index (χ4v) is 2.77. The number of imidazole rings is 1. The van der Waals surface area contributed by atoms with Crippen LogP contribution in [0.1, 0.15) is 23.3 Å². The van der Waals surface area contributed by atoms with Gasteiger partial charge in [0.05, 0.1) is 0 Å². The van der Waals surface area contributed by atoms with Crippen LogP contribution in [-0.2, 0) is 4.74 Å². The molecule has 7 nitrogen and oxygen atoms in total. The van der Waals surface area contributed by atoms with Gasteiger partial charge in [-0.15, -0.1) is 0 Å². The number of ether oxygens (including phenoxy) is 1. The van der Waals surface area contributed by atoms with E-state index in [0.717, 1.165) is 32.5 Å². The van der Waals surface area contributed by atoms with E-state index < -0.39 is 5.97 Å². The number of hydrogen-bond acceptors (Lipinski definition) is 5. The number of aromatic nitrogens is 3. The summed E-state index contributed by atoms with van der Waals surface area (Å²) in [5.74, 6) is 0.179. The number of methoxy groups -OCH3 is 1. The van der Waals surface area contributed by atoms with Crippen molar-refractivity contribution in [2.24, 2.45) is 5.92 Å². The first-order valence-corrected chi connectivity index (χ1v) is 7.00. The smallest absolute Gasteiger partial charge is 0.354 e. The number of fused-ring (bicyclic) bond motifs is 1. The summed E-state index contributed by atoms with van der Waals surface area (Å²) < 4.78 is 6.96. The number of nitrogens with zero attached hydrogens (tertiary/aromatic N) is 4. The molecule has 2 aromatic rings. The maximum atomic E-state index is 11.2. The molecule has 0 amide bonds. The van der Waals surface area contributed by atoms with Crippen LogP contribution in [0.25, 0.3) is 5.65 Å². The van der Waals surface area contributed by atoms with Gasteiger partial charge in [-0.1, -0.05) is 0 Å². The molecule has 0 aliphatic carbocycles. The molecule has 3 heterocycles. The van der Waals surface area contributed by atoms with Gasteiger partial charge in [0, 0.05) is 45.3 Å². The Morgan fingerprint density at radius 2 is 2.43 bits per heavy atom. The third kappa shape index (κ3) is 2.69. The molecule has 0 spiro atoms. The van der Waals surface area contributed by atoms with Crippen LogP contribution in [0.2, 0.25) is 0 Å². The average Bonchev–Trinajstić information content (AvgIpc) is 3.12. The van der Waals surface area contributed by atoms with E-state index in [1.165, 1.54) is 6.07 Å². The van der Waals surface area contributed by atoms with Crippen molar-refractivity contribution in [3.05, 3.63) is 24.2 Å². The van der Waals surface area contributed by atoms with Crippen molar-refractivity contribution in [3.63, 3.8) is 0 Å². The molecule has 1 fully saturated rings. The number of carboxylic acid groups (broad SMARTS) is 1. The standard InChI is InChI=1S/C14H18N4O3/c1-21-7-3-10-2-5-17(9-10)14-16-11(13(19)20)8-12-15-4-6-18(12)14/h4,6,8,10H,2-3,5,7,9H2,1H3,(H,19,20). The second kappa shape index (κ2) is 5.69. The number of rotatable bonds is 5. The molecule has 0 saturated carbocycles. The zero-order chi connectivity index (χ0) is 14.8. The average molecular weight is 290 g/mol. The van der Waals surface area contributed by atoms with Gasteiger partial charge in [-0.3, -0.25) is 4.40 Å². The highest BCUT2D eigenvalue weighted by atomic mass is 16.5. The first-order valence-electron chi connectivity index (χ1n) is 7.00. The SMILES string of the molecule is COCCC1CCN(c2nc(C(=O)O)cc3nccn23)C1. The van der Waals surface area contributed by atoms with E-state index in [1.54, 1.807) is 13.3 Å². The van der Waals surface area contributed by atoms with Crippen molar-refractivity contribution in [2.75, 3.05) is 31.7 Å². The first-order chi connectivity index (χ1) is 10.2. The van der Waals surface area contributed by atoms with Crippen molar-refractivity contribution in [2.45, 2.75) is 12.8 Å². The molecule has 0 bridgehead atoms. The molecule has 0 aromatic carbocycles. The topological polar surface area (TPSA) is 80.0 Å². The number of aromatic carboxylic acids is 1. The van der Waals surface area contributed by atoms with Crippen LogP contribution in [0.5, 0.6) is 0 Å². The molecular formula is C14H18N4O3. The van der Waals surface area contributed by atoms with Gasteiger partial charge in [0.15, 0.2) is 5.69 Å². The highest BCUT2D eigenvalue weighted by Crippen LogP contribution is 2.25. The van der Waals surface area contributed by atoms with E-state index in [-0.39, 0.29) is 5.69 Å². The highest BCUT2D eigenvalue weighted by molar-refractivity contribution is 5.87. The molecule has 1 unspecified atom stereocenters. The van der Waals surface area contributed by atoms with Gasteiger partial charge in [0.2, 0.25) is 5.95 Å². The minimum absolute atomic E-state index is 0.0315. The Labute approximate surface area is 122 Å². The largest absolute Gasteiger partial charge is 0.477 e. The molecule has 0 radical (unpaired) electrons. The van der Waals surface area contributed by atoms with Gasteiger partial charge in [-0.25, -0.2) is 14.8 Å². The van der Waals surface area contributed by atoms with E-state index in [1.807, 2.05) is 10.6 Å². The lowest BCUT2D eigenvalue weighted by molar-refractivity contribution is 0.0690. The lowest BCUT2D eigenvalue weighted by Gasteiger charge is -2.19. The molecule has 21 heavy (non-hydrogen) atoms. The normalized spacial score (nSPS) is 18.5. The summed E-state index contributed by atoms with van der Waals surface area (Å²) in [4.78, 5) is 21.8. The number of carboxylic acids is 1. The molecule has 7 heteroatoms. The van der Waals surface area contributed by atoms with Crippen LogP contribution in [0.4, 0.5) is 5.95 Å². The minimum atomic E-state index is -1.03. The van der Waals surface area contributed by atoms with E-state index >= 15 is 0 Å². The van der Waals surface area contributed by atoms with Gasteiger partial charge in [0.25, 0.3) is 0 Å². The van der Waals surface area contributed by atoms with Crippen LogP contribution >= 0.6 is 0 Å². The summed E-state index contributed by atoms with van der Waals surface area (Å²) in [7, 11) is 1.71. The number of anilines is 1. The van der Waals surface area contributed by atoms with Gasteiger partial charge in [0.1, 0.15) is 5.65 Å². The van der Waals surface area contributed by atoms with E-state index in [9.17, 15) is 9.90 Å². The van der Waals surface area contributed by atoms with Crippen LogP contribution < -0.4 is 4.90 Å². The molecule has 1 aliphatic heterocycles. The Hall–Kier alpha value is -2.15. The zero-order valence-corrected chi connectivity index (χ0v) is 11.9. The van der Waals surface area contributed by atoms with E-state index in [2.05, 4.69) is 14.9 Å². The quantitative estimate of drug-likeness (QED) is 0.894. The first kappa shape index (κ1) is 13.8. The molecule has 1 atom stereocenters. The predicted molar refractivity (Wildman–Crippen MR) is 76.8 cm³/mol. The summed E-state index contributed by atoms with van der Waals surface area (Å²) in [5.41, 5.74) is 0.641. The summed E-state index contributed by atoms with van der Waals surface area (Å²) in [6.45, 7) is 2.49. The van der Waals surface area contributed by atoms with Crippen molar-refractivity contribution >= 4 is 17.6 Å². The third-order valence-corrected chi connectivity index (χ3v) is 3.89.